The molecule has 108 valence electrons. The second kappa shape index (κ2) is 6.37. The Balaban J connectivity index is 1.63. The molecule has 0 spiro atoms. The van der Waals surface area contributed by atoms with E-state index in [1.165, 1.54) is 12.8 Å². The minimum atomic E-state index is 0.0558. The van der Waals surface area contributed by atoms with Crippen molar-refractivity contribution in [3.8, 4) is 0 Å². The van der Waals surface area contributed by atoms with Crippen molar-refractivity contribution < 1.29 is 9.59 Å². The number of nitrogens with zero attached hydrogens (tertiary/aromatic N) is 1. The molecule has 2 rings (SSSR count). The zero-order valence-electron chi connectivity index (χ0n) is 11.9. The van der Waals surface area contributed by atoms with Gasteiger partial charge in [-0.25, -0.2) is 0 Å². The molecule has 0 aliphatic carbocycles. The largest absolute Gasteiger partial charge is 0.356 e. The molecule has 2 unspecified atom stereocenters. The summed E-state index contributed by atoms with van der Waals surface area (Å²) in [5, 5.41) is 6.44. The Morgan fingerprint density at radius 2 is 1.84 bits per heavy atom. The Morgan fingerprint density at radius 3 is 2.42 bits per heavy atom. The van der Waals surface area contributed by atoms with E-state index in [0.29, 0.717) is 37.4 Å². The smallest absolute Gasteiger partial charge is 0.223 e. The highest BCUT2D eigenvalue weighted by Gasteiger charge is 2.34. The zero-order chi connectivity index (χ0) is 13.8. The summed E-state index contributed by atoms with van der Waals surface area (Å²) in [5.74, 6) is 0.668. The third kappa shape index (κ3) is 4.20. The van der Waals surface area contributed by atoms with E-state index in [4.69, 9.17) is 0 Å². The average molecular weight is 267 g/mol. The monoisotopic (exact) mass is 267 g/mol. The van der Waals surface area contributed by atoms with Crippen molar-refractivity contribution in [3.05, 3.63) is 0 Å². The normalized spacial score (nSPS) is 29.1. The summed E-state index contributed by atoms with van der Waals surface area (Å²) >= 11 is 0. The van der Waals surface area contributed by atoms with E-state index in [9.17, 15) is 9.59 Å². The first-order valence-corrected chi connectivity index (χ1v) is 7.27. The van der Waals surface area contributed by atoms with Crippen LogP contribution in [0.3, 0.4) is 0 Å². The molecular weight excluding hydrogens is 242 g/mol. The van der Waals surface area contributed by atoms with Gasteiger partial charge in [-0.05, 0) is 31.6 Å². The van der Waals surface area contributed by atoms with Crippen LogP contribution in [0.4, 0.5) is 0 Å². The van der Waals surface area contributed by atoms with E-state index in [-0.39, 0.29) is 11.8 Å². The predicted octanol–water partition coefficient (Wildman–Crippen LogP) is 0.502. The molecule has 19 heavy (non-hydrogen) atoms. The number of carbonyl (C=O) groups is 2. The molecule has 2 bridgehead atoms. The van der Waals surface area contributed by atoms with Crippen molar-refractivity contribution in [3.63, 3.8) is 0 Å². The Bertz CT molecular complexity index is 332. The fraction of sp³-hybridized carbons (Fsp3) is 0.857. The minimum Gasteiger partial charge on any atom is -0.356 e. The lowest BCUT2D eigenvalue weighted by Crippen LogP contribution is -2.40. The fourth-order valence-corrected chi connectivity index (χ4v) is 3.21. The average Bonchev–Trinajstić information content (AvgIpc) is 2.68. The summed E-state index contributed by atoms with van der Waals surface area (Å²) in [6, 6.07) is 1.26. The van der Waals surface area contributed by atoms with Crippen molar-refractivity contribution in [2.24, 2.45) is 5.92 Å². The number of hydrogen-bond donors (Lipinski definition) is 2. The molecule has 0 saturated carbocycles. The molecule has 0 aromatic rings. The molecule has 2 heterocycles. The quantitative estimate of drug-likeness (QED) is 0.762. The van der Waals surface area contributed by atoms with Crippen molar-refractivity contribution in [1.82, 2.24) is 15.5 Å². The molecule has 2 aliphatic rings. The summed E-state index contributed by atoms with van der Waals surface area (Å²) in [5.41, 5.74) is 0. The van der Waals surface area contributed by atoms with Crippen molar-refractivity contribution in [2.45, 2.75) is 50.6 Å². The van der Waals surface area contributed by atoms with Gasteiger partial charge in [-0.15, -0.1) is 0 Å². The van der Waals surface area contributed by atoms with Gasteiger partial charge >= 0.3 is 0 Å². The third-order valence-electron chi connectivity index (χ3n) is 4.20. The first kappa shape index (κ1) is 14.3. The van der Waals surface area contributed by atoms with Gasteiger partial charge in [0.1, 0.15) is 0 Å². The van der Waals surface area contributed by atoms with Crippen LogP contribution in [-0.4, -0.2) is 49.4 Å². The van der Waals surface area contributed by atoms with Gasteiger partial charge in [-0.3, -0.25) is 9.59 Å². The van der Waals surface area contributed by atoms with Gasteiger partial charge in [0.2, 0.25) is 11.8 Å². The molecule has 0 aromatic carbocycles. The number of fused-ring (bicyclic) bond motifs is 2. The second-order valence-corrected chi connectivity index (χ2v) is 6.07. The van der Waals surface area contributed by atoms with Crippen LogP contribution in [0.15, 0.2) is 0 Å². The van der Waals surface area contributed by atoms with Crippen molar-refractivity contribution >= 4 is 11.8 Å². The maximum absolute atomic E-state index is 11.8. The van der Waals surface area contributed by atoms with Crippen LogP contribution in [0, 0.1) is 5.92 Å². The van der Waals surface area contributed by atoms with Crippen LogP contribution < -0.4 is 10.6 Å². The molecule has 2 fully saturated rings. The number of hydrogen-bond acceptors (Lipinski definition) is 3. The molecule has 2 saturated heterocycles. The Labute approximate surface area is 115 Å². The van der Waals surface area contributed by atoms with Crippen LogP contribution >= 0.6 is 0 Å². The lowest BCUT2D eigenvalue weighted by Gasteiger charge is -2.28. The van der Waals surface area contributed by atoms with Gasteiger partial charge in [0, 0.05) is 45.6 Å². The Kier molecular flexibility index (Phi) is 4.80. The number of nitrogens with one attached hydrogen (secondary N) is 2. The van der Waals surface area contributed by atoms with E-state index in [0.717, 1.165) is 12.8 Å². The van der Waals surface area contributed by atoms with E-state index in [1.54, 1.807) is 19.0 Å². The summed E-state index contributed by atoms with van der Waals surface area (Å²) in [6.45, 7) is 0.452. The molecule has 0 radical (unpaired) electrons. The van der Waals surface area contributed by atoms with Gasteiger partial charge in [-0.2, -0.15) is 0 Å². The number of amides is 2. The zero-order valence-corrected chi connectivity index (χ0v) is 11.9. The van der Waals surface area contributed by atoms with Gasteiger partial charge in [0.05, 0.1) is 0 Å². The van der Waals surface area contributed by atoms with E-state index in [2.05, 4.69) is 10.6 Å². The van der Waals surface area contributed by atoms with Crippen LogP contribution in [0.2, 0.25) is 0 Å². The summed E-state index contributed by atoms with van der Waals surface area (Å²) in [4.78, 5) is 24.8. The molecule has 2 aliphatic heterocycles. The SMILES string of the molecule is CN(C)C(=O)CCNC(=O)CC1CC2CCC(C1)N2. The fourth-order valence-electron chi connectivity index (χ4n) is 3.21. The van der Waals surface area contributed by atoms with Gasteiger partial charge < -0.3 is 15.5 Å². The highest BCUT2D eigenvalue weighted by molar-refractivity contribution is 5.78. The Hall–Kier alpha value is -1.10. The molecule has 2 atom stereocenters. The number of rotatable bonds is 5. The number of piperidine rings is 1. The van der Waals surface area contributed by atoms with E-state index in [1.807, 2.05) is 0 Å². The highest BCUT2D eigenvalue weighted by Crippen LogP contribution is 2.32. The lowest BCUT2D eigenvalue weighted by atomic mass is 9.89. The van der Waals surface area contributed by atoms with Gasteiger partial charge in [0.15, 0.2) is 0 Å². The molecule has 0 aromatic heterocycles. The van der Waals surface area contributed by atoms with Crippen LogP contribution in [0.1, 0.15) is 38.5 Å². The van der Waals surface area contributed by atoms with Crippen molar-refractivity contribution in [2.75, 3.05) is 20.6 Å². The Morgan fingerprint density at radius 1 is 1.21 bits per heavy atom. The van der Waals surface area contributed by atoms with E-state index < -0.39 is 0 Å². The van der Waals surface area contributed by atoms with Crippen molar-refractivity contribution in [1.29, 1.82) is 0 Å². The summed E-state index contributed by atoms with van der Waals surface area (Å²) in [7, 11) is 3.46. The summed E-state index contributed by atoms with van der Waals surface area (Å²) in [6.07, 6.45) is 5.78. The molecule has 2 amide bonds. The maximum atomic E-state index is 11.8. The molecular formula is C14H25N3O2. The number of carbonyl (C=O) groups excluding carboxylic acids is 2. The molecule has 5 heteroatoms. The van der Waals surface area contributed by atoms with Crippen LogP contribution in [-0.2, 0) is 9.59 Å². The van der Waals surface area contributed by atoms with Gasteiger partial charge in [-0.1, -0.05) is 0 Å². The van der Waals surface area contributed by atoms with E-state index >= 15 is 0 Å². The summed E-state index contributed by atoms with van der Waals surface area (Å²) < 4.78 is 0. The molecule has 5 nitrogen and oxygen atoms in total. The lowest BCUT2D eigenvalue weighted by molar-refractivity contribution is -0.128. The topological polar surface area (TPSA) is 61.4 Å². The first-order chi connectivity index (χ1) is 9.04. The highest BCUT2D eigenvalue weighted by atomic mass is 16.2. The van der Waals surface area contributed by atoms with Gasteiger partial charge in [0.25, 0.3) is 0 Å². The van der Waals surface area contributed by atoms with Crippen LogP contribution in [0.5, 0.6) is 0 Å². The minimum absolute atomic E-state index is 0.0558. The first-order valence-electron chi connectivity index (χ1n) is 7.27. The predicted molar refractivity (Wildman–Crippen MR) is 73.6 cm³/mol. The van der Waals surface area contributed by atoms with Crippen LogP contribution in [0.25, 0.3) is 0 Å². The standard InChI is InChI=1S/C14H25N3O2/c1-17(2)14(19)5-6-15-13(18)9-10-7-11-3-4-12(8-10)16-11/h10-12,16H,3-9H2,1-2H3,(H,15,18). The maximum Gasteiger partial charge on any atom is 0.223 e. The molecule has 2 N–H and O–H groups in total. The second-order valence-electron chi connectivity index (χ2n) is 6.07. The third-order valence-corrected chi connectivity index (χ3v) is 4.20.